The molecule has 5 atom stereocenters. The molecule has 3 N–H and O–H groups in total. The van der Waals surface area contributed by atoms with Crippen LogP contribution in [-0.2, 0) is 65.4 Å². The summed E-state index contributed by atoms with van der Waals surface area (Å²) in [5.41, 5.74) is 0. The zero-order valence-electron chi connectivity index (χ0n) is 60.2. The minimum absolute atomic E-state index is 0.104. The van der Waals surface area contributed by atoms with Crippen LogP contribution < -0.4 is 0 Å². The molecule has 0 saturated carbocycles. The van der Waals surface area contributed by atoms with Crippen molar-refractivity contribution in [2.24, 2.45) is 23.7 Å². The number of carbonyl (C=O) groups excluding carboxylic acids is 4. The maximum Gasteiger partial charge on any atom is 0.472 e. The molecular weight excluding hydrogens is 1210 g/mol. The lowest BCUT2D eigenvalue weighted by molar-refractivity contribution is -0.161. The smallest absolute Gasteiger partial charge is 0.462 e. The quantitative estimate of drug-likeness (QED) is 0.0222. The van der Waals surface area contributed by atoms with Gasteiger partial charge < -0.3 is 33.8 Å². The van der Waals surface area contributed by atoms with Crippen LogP contribution >= 0.6 is 15.6 Å². The summed E-state index contributed by atoms with van der Waals surface area (Å²) < 4.78 is 68.4. The predicted molar refractivity (Wildman–Crippen MR) is 372 cm³/mol. The van der Waals surface area contributed by atoms with E-state index >= 15 is 0 Å². The fraction of sp³-hybridized carbons (Fsp3) is 0.945. The van der Waals surface area contributed by atoms with Gasteiger partial charge in [0, 0.05) is 25.7 Å². The van der Waals surface area contributed by atoms with E-state index in [0.717, 1.165) is 114 Å². The first-order valence-electron chi connectivity index (χ1n) is 37.7. The maximum atomic E-state index is 13.0. The van der Waals surface area contributed by atoms with Crippen molar-refractivity contribution < 1.29 is 80.2 Å². The summed E-state index contributed by atoms with van der Waals surface area (Å²) in [5, 5.41) is 10.6. The fourth-order valence-electron chi connectivity index (χ4n) is 11.0. The molecule has 17 nitrogen and oxygen atoms in total. The van der Waals surface area contributed by atoms with Crippen LogP contribution in [0.25, 0.3) is 0 Å². The normalized spacial score (nSPS) is 14.2. The number of aliphatic hydroxyl groups is 1. The van der Waals surface area contributed by atoms with E-state index in [-0.39, 0.29) is 25.7 Å². The molecule has 0 rings (SSSR count). The number of phosphoric acid groups is 2. The minimum Gasteiger partial charge on any atom is -0.462 e. The molecule has 0 aliphatic carbocycles. The molecule has 546 valence electrons. The third-order valence-electron chi connectivity index (χ3n) is 16.8. The molecule has 3 unspecified atom stereocenters. The molecule has 0 aromatic rings. The molecule has 19 heteroatoms. The first kappa shape index (κ1) is 90.1. The third-order valence-corrected chi connectivity index (χ3v) is 18.7. The number of unbranched alkanes of at least 4 members (excludes halogenated alkanes) is 36. The Labute approximate surface area is 562 Å². The monoisotopic (exact) mass is 1350 g/mol. The summed E-state index contributed by atoms with van der Waals surface area (Å²) >= 11 is 0. The van der Waals surface area contributed by atoms with Crippen molar-refractivity contribution in [2.45, 2.75) is 382 Å². The molecule has 0 bridgehead atoms. The highest BCUT2D eigenvalue weighted by Crippen LogP contribution is 2.45. The summed E-state index contributed by atoms with van der Waals surface area (Å²) in [6, 6.07) is 0. The van der Waals surface area contributed by atoms with Gasteiger partial charge in [-0.25, -0.2) is 9.13 Å². The van der Waals surface area contributed by atoms with Gasteiger partial charge >= 0.3 is 39.5 Å². The lowest BCUT2D eigenvalue weighted by Gasteiger charge is -2.21. The van der Waals surface area contributed by atoms with Crippen molar-refractivity contribution in [1.29, 1.82) is 0 Å². The molecule has 0 saturated heterocycles. The van der Waals surface area contributed by atoms with Crippen molar-refractivity contribution in [3.8, 4) is 0 Å². The van der Waals surface area contributed by atoms with Crippen molar-refractivity contribution in [1.82, 2.24) is 0 Å². The molecule has 0 aliphatic rings. The second-order valence-corrected chi connectivity index (χ2v) is 31.1. The summed E-state index contributed by atoms with van der Waals surface area (Å²) in [6.07, 6.45) is 46.0. The summed E-state index contributed by atoms with van der Waals surface area (Å²) in [7, 11) is -9.91. The van der Waals surface area contributed by atoms with Gasteiger partial charge in [0.2, 0.25) is 0 Å². The van der Waals surface area contributed by atoms with Crippen LogP contribution in [0.1, 0.15) is 364 Å². The fourth-order valence-corrected chi connectivity index (χ4v) is 12.6. The number of rotatable bonds is 70. The Morgan fingerprint density at radius 2 is 0.457 bits per heavy atom. The highest BCUT2D eigenvalue weighted by Gasteiger charge is 2.30. The first-order chi connectivity index (χ1) is 44.1. The maximum absolute atomic E-state index is 13.0. The van der Waals surface area contributed by atoms with E-state index in [0.29, 0.717) is 31.6 Å². The van der Waals surface area contributed by atoms with E-state index in [4.69, 9.17) is 37.0 Å². The van der Waals surface area contributed by atoms with Gasteiger partial charge in [-0.2, -0.15) is 0 Å². The number of phosphoric ester groups is 2. The molecule has 0 amide bonds. The minimum atomic E-state index is -4.95. The number of ether oxygens (including phenoxy) is 4. The summed E-state index contributed by atoms with van der Waals surface area (Å²) in [5.74, 6) is 0.854. The standard InChI is InChI=1S/C73H142O17P2/c1-63(2)49-41-33-25-18-14-12-10-9-11-13-15-20-29-37-45-53-70(75)83-59-68(90-73(78)56-48-40-31-23-22-27-35-43-51-65(5)6)61-87-91(79,80)85-57-67(74)58-86-92(81,82)88-62-69(60-84-71(76)54-46-38-32-24-28-36-44-52-66(7)8)89-72(77)55-47-39-30-21-17-16-19-26-34-42-50-64(3)4/h63-69,74H,9-62H2,1-8H3,(H,79,80)(H,81,82)/t67?,68-,69-/m1/s1. The Morgan fingerprint density at radius 3 is 0.674 bits per heavy atom. The van der Waals surface area contributed by atoms with Gasteiger partial charge in [0.15, 0.2) is 12.2 Å². The van der Waals surface area contributed by atoms with Crippen LogP contribution in [-0.4, -0.2) is 96.7 Å². The van der Waals surface area contributed by atoms with Crippen molar-refractivity contribution in [2.75, 3.05) is 39.6 Å². The molecule has 0 aromatic carbocycles. The van der Waals surface area contributed by atoms with Gasteiger partial charge in [0.1, 0.15) is 19.3 Å². The van der Waals surface area contributed by atoms with E-state index in [9.17, 15) is 43.2 Å². The highest BCUT2D eigenvalue weighted by atomic mass is 31.2. The van der Waals surface area contributed by atoms with Gasteiger partial charge in [0.05, 0.1) is 26.4 Å². The number of hydrogen-bond donors (Lipinski definition) is 3. The zero-order valence-corrected chi connectivity index (χ0v) is 62.0. The van der Waals surface area contributed by atoms with Gasteiger partial charge in [0.25, 0.3) is 0 Å². The largest absolute Gasteiger partial charge is 0.472 e. The van der Waals surface area contributed by atoms with E-state index < -0.39 is 97.5 Å². The van der Waals surface area contributed by atoms with Gasteiger partial charge in [-0.05, 0) is 49.4 Å². The Balaban J connectivity index is 5.21. The molecule has 0 aromatic heterocycles. The Morgan fingerprint density at radius 1 is 0.272 bits per heavy atom. The van der Waals surface area contributed by atoms with Gasteiger partial charge in [-0.15, -0.1) is 0 Å². The molecule has 0 aliphatic heterocycles. The van der Waals surface area contributed by atoms with Crippen LogP contribution in [0.3, 0.4) is 0 Å². The summed E-state index contributed by atoms with van der Waals surface area (Å²) in [6.45, 7) is 14.1. The van der Waals surface area contributed by atoms with Crippen LogP contribution in [0.15, 0.2) is 0 Å². The van der Waals surface area contributed by atoms with Crippen LogP contribution in [0, 0.1) is 23.7 Å². The third kappa shape index (κ3) is 66.7. The first-order valence-corrected chi connectivity index (χ1v) is 40.7. The van der Waals surface area contributed by atoms with E-state index in [1.165, 1.54) is 161 Å². The second kappa shape index (κ2) is 62.6. The van der Waals surface area contributed by atoms with Crippen molar-refractivity contribution in [3.05, 3.63) is 0 Å². The highest BCUT2D eigenvalue weighted by molar-refractivity contribution is 7.47. The van der Waals surface area contributed by atoms with E-state index in [2.05, 4.69) is 55.4 Å². The van der Waals surface area contributed by atoms with E-state index in [1.54, 1.807) is 0 Å². The molecule has 92 heavy (non-hydrogen) atoms. The lowest BCUT2D eigenvalue weighted by Crippen LogP contribution is -2.30. The van der Waals surface area contributed by atoms with Gasteiger partial charge in [-0.3, -0.25) is 37.3 Å². The lowest BCUT2D eigenvalue weighted by atomic mass is 10.0. The zero-order chi connectivity index (χ0) is 68.2. The number of aliphatic hydroxyl groups excluding tert-OH is 1. The average molecular weight is 1350 g/mol. The van der Waals surface area contributed by atoms with Crippen LogP contribution in [0.2, 0.25) is 0 Å². The van der Waals surface area contributed by atoms with Crippen molar-refractivity contribution in [3.63, 3.8) is 0 Å². The molecule has 0 fully saturated rings. The second-order valence-electron chi connectivity index (χ2n) is 28.2. The number of hydrogen-bond acceptors (Lipinski definition) is 15. The average Bonchev–Trinajstić information content (AvgIpc) is 3.50. The molecule has 0 spiro atoms. The number of carbonyl (C=O) groups is 4. The molecule has 0 radical (unpaired) electrons. The Bertz CT molecular complexity index is 1820. The Kier molecular flexibility index (Phi) is 61.3. The van der Waals surface area contributed by atoms with Crippen LogP contribution in [0.5, 0.6) is 0 Å². The van der Waals surface area contributed by atoms with Gasteiger partial charge in [-0.1, -0.05) is 312 Å². The topological polar surface area (TPSA) is 237 Å². The number of esters is 4. The molecule has 0 heterocycles. The SMILES string of the molecule is CC(C)CCCCCCCCCCCCCCCCCC(=O)OC[C@H](COP(=O)(O)OCC(O)COP(=O)(O)OC[C@@H](COC(=O)CCCCCCCCCC(C)C)OC(=O)CCCCCCCCCCCCC(C)C)OC(=O)CCCCCCCCCCC(C)C. The summed E-state index contributed by atoms with van der Waals surface area (Å²) in [4.78, 5) is 72.6. The van der Waals surface area contributed by atoms with Crippen LogP contribution in [0.4, 0.5) is 0 Å². The van der Waals surface area contributed by atoms with Crippen molar-refractivity contribution >= 4 is 39.5 Å². The predicted octanol–water partition coefficient (Wildman–Crippen LogP) is 20.9. The Hall–Kier alpha value is -1.94. The van der Waals surface area contributed by atoms with E-state index in [1.807, 2.05) is 0 Å². The molecular formula is C73H142O17P2.